The van der Waals surface area contributed by atoms with Gasteiger partial charge in [-0.25, -0.2) is 0 Å². The third-order valence-electron chi connectivity index (χ3n) is 6.02. The summed E-state index contributed by atoms with van der Waals surface area (Å²) in [5.41, 5.74) is 4.35. The molecule has 0 fully saturated rings. The van der Waals surface area contributed by atoms with E-state index in [1.165, 1.54) is 11.1 Å². The van der Waals surface area contributed by atoms with Crippen molar-refractivity contribution in [2.75, 3.05) is 5.32 Å². The van der Waals surface area contributed by atoms with Gasteiger partial charge in [-0.3, -0.25) is 0 Å². The van der Waals surface area contributed by atoms with Crippen LogP contribution in [0.3, 0.4) is 0 Å². The van der Waals surface area contributed by atoms with Crippen molar-refractivity contribution in [3.63, 3.8) is 0 Å². The second-order valence-electron chi connectivity index (χ2n) is 7.75. The Hall–Kier alpha value is -2.13. The standard InChI is InChI=1S/C25H20Cl3NO/c26-21-7-2-1-4-16(21)14-30-17-10-8-15(9-11-17)24-19-6-3-5-18(19)20-12-13-22(27)23(28)25(20)29-24/h1-5,7-13,18-19,24,29H,6,14H2/t18-,19+,24+/m1/s1. The van der Waals surface area contributed by atoms with Gasteiger partial charge in [0.25, 0.3) is 0 Å². The van der Waals surface area contributed by atoms with E-state index in [-0.39, 0.29) is 6.04 Å². The topological polar surface area (TPSA) is 21.3 Å². The lowest BCUT2D eigenvalue weighted by Gasteiger charge is -2.38. The zero-order valence-electron chi connectivity index (χ0n) is 16.1. The highest BCUT2D eigenvalue weighted by Crippen LogP contribution is 2.52. The Morgan fingerprint density at radius 3 is 2.50 bits per heavy atom. The third-order valence-corrected chi connectivity index (χ3v) is 7.19. The Morgan fingerprint density at radius 1 is 0.900 bits per heavy atom. The summed E-state index contributed by atoms with van der Waals surface area (Å²) < 4.78 is 5.94. The van der Waals surface area contributed by atoms with Crippen LogP contribution in [0.2, 0.25) is 15.1 Å². The van der Waals surface area contributed by atoms with Crippen LogP contribution < -0.4 is 10.1 Å². The number of rotatable bonds is 4. The molecule has 0 unspecified atom stereocenters. The summed E-state index contributed by atoms with van der Waals surface area (Å²) in [5.74, 6) is 1.61. The molecule has 1 N–H and O–H groups in total. The SMILES string of the molecule is Clc1ccccc1COc1ccc([C@@H]2Nc3c(ccc(Cl)c3Cl)[C@@H]3C=CC[C@@H]32)cc1. The number of halogens is 3. The number of nitrogens with one attached hydrogen (secondary N) is 1. The zero-order chi connectivity index (χ0) is 20.7. The van der Waals surface area contributed by atoms with Gasteiger partial charge in [0.2, 0.25) is 0 Å². The number of fused-ring (bicyclic) bond motifs is 3. The maximum absolute atomic E-state index is 6.54. The first-order valence-electron chi connectivity index (χ1n) is 9.99. The predicted octanol–water partition coefficient (Wildman–Crippen LogP) is 8.05. The summed E-state index contributed by atoms with van der Waals surface area (Å²) in [7, 11) is 0. The number of hydrogen-bond acceptors (Lipinski definition) is 2. The minimum absolute atomic E-state index is 0.158. The van der Waals surface area contributed by atoms with Crippen molar-refractivity contribution in [3.05, 3.63) is 105 Å². The van der Waals surface area contributed by atoms with Crippen molar-refractivity contribution in [1.29, 1.82) is 0 Å². The Kier molecular flexibility index (Phi) is 5.41. The molecular weight excluding hydrogens is 437 g/mol. The molecule has 0 radical (unpaired) electrons. The molecule has 0 saturated heterocycles. The molecule has 5 rings (SSSR count). The molecule has 1 heterocycles. The summed E-state index contributed by atoms with van der Waals surface area (Å²) in [6.45, 7) is 0.441. The number of hydrogen-bond donors (Lipinski definition) is 1. The Bertz CT molecular complexity index is 1110. The van der Waals surface area contributed by atoms with E-state index in [0.717, 1.165) is 28.4 Å². The molecule has 0 bridgehead atoms. The summed E-state index contributed by atoms with van der Waals surface area (Å²) in [6.07, 6.45) is 5.60. The molecule has 30 heavy (non-hydrogen) atoms. The van der Waals surface area contributed by atoms with Crippen molar-refractivity contribution in [3.8, 4) is 5.75 Å². The van der Waals surface area contributed by atoms with Gasteiger partial charge in [0.15, 0.2) is 0 Å². The summed E-state index contributed by atoms with van der Waals surface area (Å²) >= 11 is 19.0. The lowest BCUT2D eigenvalue weighted by atomic mass is 9.77. The number of allylic oxidation sites excluding steroid dienone is 2. The maximum Gasteiger partial charge on any atom is 0.119 e. The van der Waals surface area contributed by atoms with E-state index in [9.17, 15) is 0 Å². The average Bonchev–Trinajstić information content (AvgIpc) is 3.26. The molecule has 1 aliphatic heterocycles. The summed E-state index contributed by atoms with van der Waals surface area (Å²) in [5, 5.41) is 5.55. The maximum atomic E-state index is 6.54. The van der Waals surface area contributed by atoms with Crippen molar-refractivity contribution in [2.45, 2.75) is 25.0 Å². The first-order valence-corrected chi connectivity index (χ1v) is 11.1. The molecule has 2 nitrogen and oxygen atoms in total. The van der Waals surface area contributed by atoms with E-state index < -0.39 is 0 Å². The van der Waals surface area contributed by atoms with Gasteiger partial charge in [-0.05, 0) is 47.7 Å². The molecule has 1 aliphatic carbocycles. The molecule has 0 amide bonds. The highest BCUT2D eigenvalue weighted by molar-refractivity contribution is 6.43. The van der Waals surface area contributed by atoms with Crippen molar-refractivity contribution in [1.82, 2.24) is 0 Å². The van der Waals surface area contributed by atoms with Gasteiger partial charge in [-0.15, -0.1) is 0 Å². The monoisotopic (exact) mass is 455 g/mol. The Morgan fingerprint density at radius 2 is 1.70 bits per heavy atom. The van der Waals surface area contributed by atoms with Crippen molar-refractivity contribution >= 4 is 40.5 Å². The molecule has 3 aromatic carbocycles. The highest BCUT2D eigenvalue weighted by atomic mass is 35.5. The van der Waals surface area contributed by atoms with E-state index in [2.05, 4.69) is 35.7 Å². The van der Waals surface area contributed by atoms with Crippen molar-refractivity contribution in [2.24, 2.45) is 5.92 Å². The van der Waals surface area contributed by atoms with E-state index >= 15 is 0 Å². The van der Waals surface area contributed by atoms with Crippen LogP contribution in [0.25, 0.3) is 0 Å². The van der Waals surface area contributed by atoms with Gasteiger partial charge >= 0.3 is 0 Å². The quantitative estimate of drug-likeness (QED) is 0.401. The number of anilines is 1. The van der Waals surface area contributed by atoms with E-state index in [1.807, 2.05) is 42.5 Å². The van der Waals surface area contributed by atoms with Crippen LogP contribution in [-0.4, -0.2) is 0 Å². The molecular formula is C25H20Cl3NO. The molecule has 5 heteroatoms. The molecule has 0 saturated carbocycles. The first kappa shape index (κ1) is 19.8. The summed E-state index contributed by atoms with van der Waals surface area (Å²) in [6, 6.07) is 20.1. The lowest BCUT2D eigenvalue weighted by Crippen LogP contribution is -2.29. The molecule has 3 atom stereocenters. The third kappa shape index (κ3) is 3.58. The molecule has 0 aromatic heterocycles. The largest absolute Gasteiger partial charge is 0.489 e. The van der Waals surface area contributed by atoms with Crippen molar-refractivity contribution < 1.29 is 4.74 Å². The normalized spacial score (nSPS) is 21.6. The minimum atomic E-state index is 0.158. The van der Waals surface area contributed by atoms with Gasteiger partial charge < -0.3 is 10.1 Å². The van der Waals surface area contributed by atoms with Gasteiger partial charge in [-0.1, -0.05) is 83.4 Å². The second kappa shape index (κ2) is 8.19. The van der Waals surface area contributed by atoms with Crippen LogP contribution in [-0.2, 0) is 6.61 Å². The lowest BCUT2D eigenvalue weighted by molar-refractivity contribution is 0.306. The molecule has 0 spiro atoms. The van der Waals surface area contributed by atoms with Crippen LogP contribution >= 0.6 is 34.8 Å². The average molecular weight is 457 g/mol. The Balaban J connectivity index is 1.38. The van der Waals surface area contributed by atoms with Gasteiger partial charge in [0, 0.05) is 16.5 Å². The predicted molar refractivity (Wildman–Crippen MR) is 125 cm³/mol. The molecule has 152 valence electrons. The molecule has 2 aliphatic rings. The van der Waals surface area contributed by atoms with E-state index in [1.54, 1.807) is 0 Å². The zero-order valence-corrected chi connectivity index (χ0v) is 18.4. The van der Waals surface area contributed by atoms with Gasteiger partial charge in [0.1, 0.15) is 12.4 Å². The number of ether oxygens (including phenoxy) is 1. The second-order valence-corrected chi connectivity index (χ2v) is 8.94. The number of benzene rings is 3. The van der Waals surface area contributed by atoms with Crippen LogP contribution in [0.1, 0.15) is 35.1 Å². The highest BCUT2D eigenvalue weighted by Gasteiger charge is 2.38. The smallest absolute Gasteiger partial charge is 0.119 e. The van der Waals surface area contributed by atoms with E-state index in [4.69, 9.17) is 39.5 Å². The van der Waals surface area contributed by atoms with E-state index in [0.29, 0.717) is 28.5 Å². The van der Waals surface area contributed by atoms with Gasteiger partial charge in [0.05, 0.1) is 21.8 Å². The summed E-state index contributed by atoms with van der Waals surface area (Å²) in [4.78, 5) is 0. The van der Waals surface area contributed by atoms with Crippen LogP contribution in [0.4, 0.5) is 5.69 Å². The van der Waals surface area contributed by atoms with Crippen LogP contribution in [0, 0.1) is 5.92 Å². The van der Waals surface area contributed by atoms with Crippen LogP contribution in [0.5, 0.6) is 5.75 Å². The fraction of sp³-hybridized carbons (Fsp3) is 0.200. The van der Waals surface area contributed by atoms with Gasteiger partial charge in [-0.2, -0.15) is 0 Å². The molecule has 3 aromatic rings. The minimum Gasteiger partial charge on any atom is -0.489 e. The fourth-order valence-corrected chi connectivity index (χ4v) is 5.05. The Labute approximate surface area is 191 Å². The van der Waals surface area contributed by atoms with Crippen LogP contribution in [0.15, 0.2) is 72.8 Å². The first-order chi connectivity index (χ1) is 14.6. The fourth-order valence-electron chi connectivity index (χ4n) is 4.48.